The molecule has 0 heterocycles. The van der Waals surface area contributed by atoms with Crippen LogP contribution in [0.2, 0.25) is 17.1 Å². The summed E-state index contributed by atoms with van der Waals surface area (Å²) < 4.78 is 37.3. The zero-order valence-electron chi connectivity index (χ0n) is 24.0. The summed E-state index contributed by atoms with van der Waals surface area (Å²) in [5.74, 6) is 0. The van der Waals surface area contributed by atoms with E-state index < -0.39 is 41.0 Å². The van der Waals surface area contributed by atoms with Gasteiger partial charge in [-0.25, -0.2) is 13.1 Å². The molecule has 0 aliphatic rings. The van der Waals surface area contributed by atoms with E-state index in [1.54, 1.807) is 55.5 Å². The zero-order valence-corrected chi connectivity index (χ0v) is 25.8. The molecule has 0 saturated heterocycles. The average molecular weight is 585 g/mol. The standard InChI is InChI=1S/C30H40N2O6SSi/c1-7-40(8-2,29(4,5)6)38-23(3)28(31-39(36,37)27-21-19-26(20-22-27)32(34)35)30(33,24-15-11-9-12-16-24)25-17-13-10-14-18-25/h9-23,28,31,33H,7-8H2,1-6H3. The van der Waals surface area contributed by atoms with Gasteiger partial charge in [0.1, 0.15) is 5.60 Å². The van der Waals surface area contributed by atoms with E-state index in [-0.39, 0.29) is 15.6 Å². The molecule has 0 fully saturated rings. The van der Waals surface area contributed by atoms with Gasteiger partial charge in [-0.1, -0.05) is 95.3 Å². The van der Waals surface area contributed by atoms with Crippen molar-refractivity contribution in [3.05, 3.63) is 106 Å². The van der Waals surface area contributed by atoms with Gasteiger partial charge in [-0.05, 0) is 47.3 Å². The predicted octanol–water partition coefficient (Wildman–Crippen LogP) is 6.37. The second-order valence-electron chi connectivity index (χ2n) is 11.1. The lowest BCUT2D eigenvalue weighted by atomic mass is 9.78. The highest BCUT2D eigenvalue weighted by Crippen LogP contribution is 2.45. The van der Waals surface area contributed by atoms with Gasteiger partial charge in [0.2, 0.25) is 10.0 Å². The number of sulfonamides is 1. The molecular weight excluding hydrogens is 544 g/mol. The largest absolute Gasteiger partial charge is 0.412 e. The number of nitrogens with one attached hydrogen (secondary N) is 1. The summed E-state index contributed by atoms with van der Waals surface area (Å²) in [6, 6.07) is 23.1. The molecule has 0 amide bonds. The van der Waals surface area contributed by atoms with Crippen LogP contribution in [0.25, 0.3) is 0 Å². The van der Waals surface area contributed by atoms with E-state index in [4.69, 9.17) is 4.43 Å². The molecule has 2 unspecified atom stereocenters. The van der Waals surface area contributed by atoms with Gasteiger partial charge in [0.05, 0.1) is 22.0 Å². The average Bonchev–Trinajstić information content (AvgIpc) is 2.94. The van der Waals surface area contributed by atoms with Gasteiger partial charge in [-0.15, -0.1) is 0 Å². The molecule has 216 valence electrons. The van der Waals surface area contributed by atoms with E-state index in [0.717, 1.165) is 24.2 Å². The number of nitro groups is 1. The zero-order chi connectivity index (χ0) is 29.8. The third-order valence-corrected chi connectivity index (χ3v) is 15.2. The molecule has 3 aromatic carbocycles. The van der Waals surface area contributed by atoms with Crippen LogP contribution in [0.15, 0.2) is 89.8 Å². The van der Waals surface area contributed by atoms with Crippen LogP contribution in [-0.4, -0.2) is 38.9 Å². The quantitative estimate of drug-likeness (QED) is 0.145. The maximum Gasteiger partial charge on any atom is 0.269 e. The monoisotopic (exact) mass is 584 g/mol. The van der Waals surface area contributed by atoms with Crippen molar-refractivity contribution in [3.63, 3.8) is 0 Å². The van der Waals surface area contributed by atoms with E-state index in [9.17, 15) is 23.6 Å². The third-order valence-electron chi connectivity index (χ3n) is 7.91. The summed E-state index contributed by atoms with van der Waals surface area (Å²) >= 11 is 0. The lowest BCUT2D eigenvalue weighted by molar-refractivity contribution is -0.384. The Bertz CT molecular complexity index is 1330. The summed E-state index contributed by atoms with van der Waals surface area (Å²) in [4.78, 5) is 10.4. The van der Waals surface area contributed by atoms with Gasteiger partial charge in [0.25, 0.3) is 5.69 Å². The second-order valence-corrected chi connectivity index (χ2v) is 18.0. The van der Waals surface area contributed by atoms with Gasteiger partial charge in [-0.3, -0.25) is 10.1 Å². The van der Waals surface area contributed by atoms with E-state index in [1.807, 2.05) is 12.1 Å². The SMILES string of the molecule is CC[Si](CC)(OC(C)C(NS(=O)(=O)c1ccc([N+](=O)[O-])cc1)C(O)(c1ccccc1)c1ccccc1)C(C)(C)C. The normalized spacial score (nSPS) is 14.5. The first-order valence-electron chi connectivity index (χ1n) is 13.5. The molecule has 8 nitrogen and oxygen atoms in total. The molecule has 40 heavy (non-hydrogen) atoms. The van der Waals surface area contributed by atoms with Crippen molar-refractivity contribution in [3.8, 4) is 0 Å². The minimum atomic E-state index is -4.25. The fourth-order valence-electron chi connectivity index (χ4n) is 5.49. The van der Waals surface area contributed by atoms with Gasteiger partial charge in [0, 0.05) is 12.1 Å². The van der Waals surface area contributed by atoms with E-state index in [1.165, 1.54) is 12.1 Å². The van der Waals surface area contributed by atoms with E-state index in [0.29, 0.717) is 11.1 Å². The molecule has 3 rings (SSSR count). The van der Waals surface area contributed by atoms with Gasteiger partial charge < -0.3 is 9.53 Å². The van der Waals surface area contributed by atoms with Crippen molar-refractivity contribution >= 4 is 24.0 Å². The number of nitrogens with zero attached hydrogens (tertiary/aromatic N) is 1. The highest BCUT2D eigenvalue weighted by molar-refractivity contribution is 7.89. The summed E-state index contributed by atoms with van der Waals surface area (Å²) in [5, 5.41) is 23.7. The van der Waals surface area contributed by atoms with Crippen LogP contribution < -0.4 is 4.72 Å². The summed E-state index contributed by atoms with van der Waals surface area (Å²) in [6.07, 6.45) is -0.746. The summed E-state index contributed by atoms with van der Waals surface area (Å²) in [7, 11) is -6.69. The molecule has 2 atom stereocenters. The minimum Gasteiger partial charge on any atom is -0.412 e. The second kappa shape index (κ2) is 12.3. The van der Waals surface area contributed by atoms with Crippen LogP contribution in [0, 0.1) is 10.1 Å². The smallest absolute Gasteiger partial charge is 0.269 e. The molecule has 0 aliphatic carbocycles. The van der Waals surface area contributed by atoms with Crippen molar-refractivity contribution in [1.82, 2.24) is 4.72 Å². The van der Waals surface area contributed by atoms with Crippen LogP contribution in [-0.2, 0) is 20.1 Å². The summed E-state index contributed by atoms with van der Waals surface area (Å²) in [5.41, 5.74) is -1.02. The van der Waals surface area contributed by atoms with Crippen molar-refractivity contribution in [1.29, 1.82) is 0 Å². The van der Waals surface area contributed by atoms with Crippen LogP contribution in [0.5, 0.6) is 0 Å². The van der Waals surface area contributed by atoms with Gasteiger partial charge >= 0.3 is 0 Å². The van der Waals surface area contributed by atoms with Crippen molar-refractivity contribution in [2.75, 3.05) is 0 Å². The Morgan fingerprint density at radius 1 is 0.900 bits per heavy atom. The van der Waals surface area contributed by atoms with Crippen LogP contribution in [0.3, 0.4) is 0 Å². The first kappa shape index (κ1) is 31.6. The van der Waals surface area contributed by atoms with Crippen molar-refractivity contribution in [2.45, 2.75) is 81.3 Å². The maximum absolute atomic E-state index is 13.8. The molecule has 3 aromatic rings. The highest BCUT2D eigenvalue weighted by Gasteiger charge is 2.50. The molecule has 2 N–H and O–H groups in total. The van der Waals surface area contributed by atoms with Gasteiger partial charge in [-0.2, -0.15) is 0 Å². The Labute approximate surface area is 238 Å². The predicted molar refractivity (Wildman–Crippen MR) is 160 cm³/mol. The van der Waals surface area contributed by atoms with Crippen molar-refractivity contribution < 1.29 is 22.9 Å². The third kappa shape index (κ3) is 6.36. The maximum atomic E-state index is 13.8. The molecular formula is C30H40N2O6SSi. The highest BCUT2D eigenvalue weighted by atomic mass is 32.2. The Hall–Kier alpha value is -2.89. The fraction of sp³-hybridized carbons (Fsp3) is 0.400. The molecule has 0 bridgehead atoms. The first-order valence-corrected chi connectivity index (χ1v) is 17.3. The van der Waals surface area contributed by atoms with Gasteiger partial charge in [0.15, 0.2) is 8.32 Å². The van der Waals surface area contributed by atoms with Crippen LogP contribution >= 0.6 is 0 Å². The van der Waals surface area contributed by atoms with E-state index in [2.05, 4.69) is 39.3 Å². The fourth-order valence-corrected chi connectivity index (χ4v) is 11.0. The molecule has 0 radical (unpaired) electrons. The van der Waals surface area contributed by atoms with Crippen LogP contribution in [0.1, 0.15) is 52.7 Å². The molecule has 10 heteroatoms. The Kier molecular flexibility index (Phi) is 9.74. The van der Waals surface area contributed by atoms with E-state index >= 15 is 0 Å². The number of nitro benzene ring substituents is 1. The number of non-ortho nitro benzene ring substituents is 1. The Balaban J connectivity index is 2.22. The lowest BCUT2D eigenvalue weighted by Crippen LogP contribution is -2.60. The molecule has 0 spiro atoms. The number of aliphatic hydroxyl groups is 1. The van der Waals surface area contributed by atoms with Crippen LogP contribution in [0.4, 0.5) is 5.69 Å². The van der Waals surface area contributed by atoms with Crippen molar-refractivity contribution in [2.24, 2.45) is 0 Å². The number of benzene rings is 3. The lowest BCUT2D eigenvalue weighted by Gasteiger charge is -2.47. The molecule has 0 aromatic heterocycles. The number of rotatable bonds is 12. The topological polar surface area (TPSA) is 119 Å². The molecule has 0 saturated carbocycles. The Morgan fingerprint density at radius 2 is 1.35 bits per heavy atom. The molecule has 0 aliphatic heterocycles. The first-order chi connectivity index (χ1) is 18.7. The Morgan fingerprint density at radius 3 is 1.73 bits per heavy atom. The summed E-state index contributed by atoms with van der Waals surface area (Å²) in [6.45, 7) is 12.5. The number of hydrogen-bond acceptors (Lipinski definition) is 6. The minimum absolute atomic E-state index is 0.149. The number of hydrogen-bond donors (Lipinski definition) is 2.